The Balaban J connectivity index is 1.32. The fourth-order valence-electron chi connectivity index (χ4n) is 7.53. The first-order chi connectivity index (χ1) is 22.9. The molecule has 5 aliphatic rings. The average molecular weight is 635 g/mol. The first-order valence-electron chi connectivity index (χ1n) is 16.2. The Morgan fingerprint density at radius 2 is 1.49 bits per heavy atom. The van der Waals surface area contributed by atoms with Crippen LogP contribution in [0.2, 0.25) is 0 Å². The second-order valence-corrected chi connectivity index (χ2v) is 12.7. The van der Waals surface area contributed by atoms with Crippen molar-refractivity contribution >= 4 is 5.91 Å². The molecule has 0 saturated carbocycles. The van der Waals surface area contributed by atoms with Crippen LogP contribution in [0.5, 0.6) is 46.0 Å². The van der Waals surface area contributed by atoms with Crippen molar-refractivity contribution in [1.29, 1.82) is 0 Å². The van der Waals surface area contributed by atoms with E-state index in [1.807, 2.05) is 35.2 Å². The van der Waals surface area contributed by atoms with Crippen LogP contribution < -0.4 is 28.4 Å². The molecule has 0 saturated heterocycles. The van der Waals surface area contributed by atoms with Crippen molar-refractivity contribution in [3.8, 4) is 46.0 Å². The number of benzene rings is 4. The van der Waals surface area contributed by atoms with Gasteiger partial charge in [-0.1, -0.05) is 18.2 Å². The summed E-state index contributed by atoms with van der Waals surface area (Å²) in [6.45, 7) is 3.33. The molecule has 1 amide bonds. The van der Waals surface area contributed by atoms with Gasteiger partial charge in [-0.3, -0.25) is 9.69 Å². The molecule has 5 heterocycles. The largest absolute Gasteiger partial charge is 0.493 e. The summed E-state index contributed by atoms with van der Waals surface area (Å²) in [6.07, 6.45) is 2.95. The molecular formula is C38H38N2O7. The lowest BCUT2D eigenvalue weighted by Crippen LogP contribution is -2.39. The molecule has 5 aliphatic heterocycles. The third kappa shape index (κ3) is 5.19. The van der Waals surface area contributed by atoms with Crippen molar-refractivity contribution in [2.45, 2.75) is 44.7 Å². The summed E-state index contributed by atoms with van der Waals surface area (Å²) < 4.78 is 36.9. The monoisotopic (exact) mass is 634 g/mol. The number of ether oxygens (including phenoxy) is 6. The predicted molar refractivity (Wildman–Crippen MR) is 175 cm³/mol. The minimum absolute atomic E-state index is 0.0132. The van der Waals surface area contributed by atoms with Crippen LogP contribution in [0.25, 0.3) is 0 Å². The Labute approximate surface area is 274 Å². The quantitative estimate of drug-likeness (QED) is 0.239. The zero-order valence-electron chi connectivity index (χ0n) is 27.1. The maximum absolute atomic E-state index is 12.9. The van der Waals surface area contributed by atoms with Gasteiger partial charge in [-0.2, -0.15) is 0 Å². The molecule has 0 unspecified atom stereocenters. The zero-order chi connectivity index (χ0) is 32.2. The molecule has 4 aromatic rings. The Hall–Kier alpha value is -4.89. The molecule has 0 spiro atoms. The highest BCUT2D eigenvalue weighted by atomic mass is 16.7. The van der Waals surface area contributed by atoms with E-state index in [-0.39, 0.29) is 24.8 Å². The molecule has 4 aromatic carbocycles. The maximum atomic E-state index is 12.9. The number of nitrogens with zero attached hydrogens (tertiary/aromatic N) is 2. The fourth-order valence-corrected chi connectivity index (χ4v) is 7.53. The van der Waals surface area contributed by atoms with Crippen molar-refractivity contribution in [2.75, 3.05) is 41.1 Å². The number of methoxy groups -OCH3 is 2. The predicted octanol–water partition coefficient (Wildman–Crippen LogP) is 6.79. The number of hydrogen-bond donors (Lipinski definition) is 0. The molecule has 9 nitrogen and oxygen atoms in total. The highest BCUT2D eigenvalue weighted by Gasteiger charge is 2.36. The van der Waals surface area contributed by atoms with E-state index in [1.54, 1.807) is 21.1 Å². The van der Waals surface area contributed by atoms with Crippen molar-refractivity contribution in [2.24, 2.45) is 0 Å². The van der Waals surface area contributed by atoms with Crippen LogP contribution in [0.15, 0.2) is 60.7 Å². The van der Waals surface area contributed by atoms with E-state index in [0.717, 1.165) is 47.2 Å². The molecule has 9 heteroatoms. The van der Waals surface area contributed by atoms with Crippen molar-refractivity contribution < 1.29 is 33.2 Å². The van der Waals surface area contributed by atoms with Crippen LogP contribution in [0.4, 0.5) is 0 Å². The third-order valence-corrected chi connectivity index (χ3v) is 9.98. The highest BCUT2D eigenvalue weighted by molar-refractivity contribution is 5.74. The first kappa shape index (κ1) is 29.5. The van der Waals surface area contributed by atoms with Gasteiger partial charge in [0.15, 0.2) is 34.5 Å². The molecule has 9 rings (SSSR count). The normalized spacial score (nSPS) is 19.5. The summed E-state index contributed by atoms with van der Waals surface area (Å²) in [4.78, 5) is 17.3. The van der Waals surface area contributed by atoms with E-state index < -0.39 is 0 Å². The van der Waals surface area contributed by atoms with Crippen LogP contribution in [-0.2, 0) is 30.5 Å². The third-order valence-electron chi connectivity index (χ3n) is 9.98. The summed E-state index contributed by atoms with van der Waals surface area (Å²) in [5.41, 5.74) is 6.67. The van der Waals surface area contributed by atoms with Crippen molar-refractivity contribution in [3.05, 3.63) is 94.0 Å². The van der Waals surface area contributed by atoms with Gasteiger partial charge in [0.25, 0.3) is 0 Å². The smallest absolute Gasteiger partial charge is 0.231 e. The summed E-state index contributed by atoms with van der Waals surface area (Å²) in [6, 6.07) is 20.3. The lowest BCUT2D eigenvalue weighted by Gasteiger charge is -2.37. The second-order valence-electron chi connectivity index (χ2n) is 12.7. The maximum Gasteiger partial charge on any atom is 0.231 e. The molecule has 0 aromatic heterocycles. The molecule has 0 fully saturated rings. The molecule has 47 heavy (non-hydrogen) atoms. The second kappa shape index (κ2) is 11.7. The van der Waals surface area contributed by atoms with E-state index in [9.17, 15) is 4.79 Å². The Kier molecular flexibility index (Phi) is 7.36. The minimum atomic E-state index is -0.172. The molecule has 2 atom stereocenters. The first-order valence-corrected chi connectivity index (χ1v) is 16.2. The van der Waals surface area contributed by atoms with Gasteiger partial charge in [-0.05, 0) is 103 Å². The molecule has 0 N–H and O–H groups in total. The Bertz CT molecular complexity index is 1870. The van der Waals surface area contributed by atoms with Gasteiger partial charge in [-0.15, -0.1) is 0 Å². The van der Waals surface area contributed by atoms with Gasteiger partial charge in [0.05, 0.1) is 20.3 Å². The van der Waals surface area contributed by atoms with E-state index >= 15 is 0 Å². The van der Waals surface area contributed by atoms with E-state index in [0.29, 0.717) is 65.4 Å². The average Bonchev–Trinajstić information content (AvgIpc) is 3.55. The highest BCUT2D eigenvalue weighted by Crippen LogP contribution is 2.52. The van der Waals surface area contributed by atoms with Crippen LogP contribution in [-0.4, -0.2) is 56.9 Å². The standard InChI is InChI=1S/C38H38N2O7/c1-22(41)40-14-12-25-18-32(43-4)34-20-28(25)29(40)15-23-5-8-27(9-6-23)46-38-36-26(19-35-37(38)45-21-44-35)11-13-39(2)30(36)16-24-7-10-31(42-3)33(17-24)47-34/h5-10,17-20,29-30H,11-16,21H2,1-4H3/t29-,30-/m0/s1. The number of hydrogen-bond acceptors (Lipinski definition) is 8. The molecule has 242 valence electrons. The van der Waals surface area contributed by atoms with Gasteiger partial charge < -0.3 is 33.3 Å². The lowest BCUT2D eigenvalue weighted by atomic mass is 9.87. The summed E-state index contributed by atoms with van der Waals surface area (Å²) in [7, 11) is 5.46. The summed E-state index contributed by atoms with van der Waals surface area (Å²) >= 11 is 0. The number of carbonyl (C=O) groups excluding carboxylic acids is 1. The number of fused-ring (bicyclic) bond motifs is 3. The number of carbonyl (C=O) groups is 1. The minimum Gasteiger partial charge on any atom is -0.493 e. The van der Waals surface area contributed by atoms with Crippen LogP contribution in [0.3, 0.4) is 0 Å². The van der Waals surface area contributed by atoms with Crippen LogP contribution in [0, 0.1) is 0 Å². The van der Waals surface area contributed by atoms with Crippen molar-refractivity contribution in [3.63, 3.8) is 0 Å². The topological polar surface area (TPSA) is 78.9 Å². The van der Waals surface area contributed by atoms with Gasteiger partial charge in [0.1, 0.15) is 5.75 Å². The van der Waals surface area contributed by atoms with E-state index in [2.05, 4.69) is 42.3 Å². The Morgan fingerprint density at radius 1 is 0.745 bits per heavy atom. The molecule has 6 bridgehead atoms. The molecule has 0 radical (unpaired) electrons. The van der Waals surface area contributed by atoms with Gasteiger partial charge in [0, 0.05) is 31.6 Å². The number of amides is 1. The number of rotatable bonds is 2. The SMILES string of the molecule is COc1ccc2cc1Oc1cc3c(cc1OC)CCN(C(C)=O)[C@H]3Cc1ccc(cc1)Oc1c3c(cc4c1[C@H](C2)N(C)CC4)OCO3. The van der Waals surface area contributed by atoms with E-state index in [1.165, 1.54) is 5.56 Å². The molecular weight excluding hydrogens is 596 g/mol. The summed E-state index contributed by atoms with van der Waals surface area (Å²) in [5.74, 6) is 5.25. The zero-order valence-corrected chi connectivity index (χ0v) is 27.1. The molecule has 0 aliphatic carbocycles. The Morgan fingerprint density at radius 3 is 2.28 bits per heavy atom. The summed E-state index contributed by atoms with van der Waals surface area (Å²) in [5, 5.41) is 0. The number of likely N-dealkylation sites (N-methyl/N-ethyl adjacent to an activating group) is 1. The lowest BCUT2D eigenvalue weighted by molar-refractivity contribution is -0.131. The van der Waals surface area contributed by atoms with Crippen LogP contribution >= 0.6 is 0 Å². The van der Waals surface area contributed by atoms with Crippen LogP contribution in [0.1, 0.15) is 52.4 Å². The van der Waals surface area contributed by atoms with Gasteiger partial charge >= 0.3 is 0 Å². The van der Waals surface area contributed by atoms with Gasteiger partial charge in [0.2, 0.25) is 18.4 Å². The fraction of sp³-hybridized carbons (Fsp3) is 0.342. The van der Waals surface area contributed by atoms with E-state index in [4.69, 9.17) is 28.4 Å². The van der Waals surface area contributed by atoms with Gasteiger partial charge in [-0.25, -0.2) is 0 Å². The van der Waals surface area contributed by atoms with Crippen molar-refractivity contribution in [1.82, 2.24) is 9.80 Å².